The predicted molar refractivity (Wildman–Crippen MR) is 82.2 cm³/mol. The lowest BCUT2D eigenvalue weighted by Gasteiger charge is -2.17. The van der Waals surface area contributed by atoms with Crippen LogP contribution in [0.25, 0.3) is 0 Å². The topological polar surface area (TPSA) is 66.4 Å². The summed E-state index contributed by atoms with van der Waals surface area (Å²) < 4.78 is 0.897. The molecule has 104 valence electrons. The Hall–Kier alpha value is -1.11. The molecular formula is C14H18INO3. The van der Waals surface area contributed by atoms with Crippen LogP contribution in [0.2, 0.25) is 0 Å². The molecule has 0 heterocycles. The lowest BCUT2D eigenvalue weighted by molar-refractivity contribution is -0.142. The van der Waals surface area contributed by atoms with E-state index < -0.39 is 11.9 Å². The van der Waals surface area contributed by atoms with Gasteiger partial charge in [0.25, 0.3) is 5.91 Å². The quantitative estimate of drug-likeness (QED) is 0.778. The van der Waals surface area contributed by atoms with Crippen molar-refractivity contribution >= 4 is 34.5 Å². The molecule has 0 spiro atoms. The second-order valence-corrected chi connectivity index (χ2v) is 5.91. The highest BCUT2D eigenvalue weighted by molar-refractivity contribution is 14.1. The zero-order chi connectivity index (χ0) is 14.6. The SMILES string of the molecule is Cc1cccc(C(=O)NCC(C(=O)O)C(C)C)c1I. The van der Waals surface area contributed by atoms with E-state index in [0.717, 1.165) is 9.13 Å². The Balaban J connectivity index is 2.75. The summed E-state index contributed by atoms with van der Waals surface area (Å²) in [5.74, 6) is -1.69. The number of aliphatic carboxylic acids is 1. The highest BCUT2D eigenvalue weighted by Crippen LogP contribution is 2.17. The molecule has 0 radical (unpaired) electrons. The molecule has 1 amide bonds. The molecule has 0 aliphatic rings. The van der Waals surface area contributed by atoms with Crippen LogP contribution in [-0.4, -0.2) is 23.5 Å². The number of carbonyl (C=O) groups excluding carboxylic acids is 1. The van der Waals surface area contributed by atoms with Crippen LogP contribution in [0.4, 0.5) is 0 Å². The normalized spacial score (nSPS) is 12.3. The van der Waals surface area contributed by atoms with Crippen molar-refractivity contribution in [1.82, 2.24) is 5.32 Å². The number of hydrogen-bond acceptors (Lipinski definition) is 2. The van der Waals surface area contributed by atoms with Crippen molar-refractivity contribution in [3.8, 4) is 0 Å². The van der Waals surface area contributed by atoms with Crippen molar-refractivity contribution < 1.29 is 14.7 Å². The molecule has 0 saturated carbocycles. The molecule has 0 aliphatic carbocycles. The Bertz CT molecular complexity index is 486. The van der Waals surface area contributed by atoms with E-state index in [2.05, 4.69) is 27.9 Å². The predicted octanol–water partition coefficient (Wildman–Crippen LogP) is 2.69. The first-order valence-electron chi connectivity index (χ1n) is 6.10. The Morgan fingerprint density at radius 2 is 2.00 bits per heavy atom. The fourth-order valence-corrected chi connectivity index (χ4v) is 2.33. The monoisotopic (exact) mass is 375 g/mol. The second kappa shape index (κ2) is 6.88. The third kappa shape index (κ3) is 4.19. The minimum absolute atomic E-state index is 0.0191. The molecule has 0 saturated heterocycles. The Kier molecular flexibility index (Phi) is 5.78. The highest BCUT2D eigenvalue weighted by Gasteiger charge is 2.22. The summed E-state index contributed by atoms with van der Waals surface area (Å²) in [5.41, 5.74) is 1.63. The van der Waals surface area contributed by atoms with E-state index >= 15 is 0 Å². The Labute approximate surface area is 126 Å². The molecule has 0 aliphatic heterocycles. The third-order valence-electron chi connectivity index (χ3n) is 3.04. The van der Waals surface area contributed by atoms with Crippen LogP contribution in [0.3, 0.4) is 0 Å². The van der Waals surface area contributed by atoms with Gasteiger partial charge in [-0.25, -0.2) is 0 Å². The molecule has 2 N–H and O–H groups in total. The molecule has 5 heteroatoms. The first kappa shape index (κ1) is 15.9. The van der Waals surface area contributed by atoms with Gasteiger partial charge in [0.2, 0.25) is 0 Å². The smallest absolute Gasteiger partial charge is 0.308 e. The summed E-state index contributed by atoms with van der Waals surface area (Å²) in [6, 6.07) is 5.51. The molecule has 19 heavy (non-hydrogen) atoms. The maximum absolute atomic E-state index is 12.1. The van der Waals surface area contributed by atoms with E-state index in [4.69, 9.17) is 5.11 Å². The van der Waals surface area contributed by atoms with E-state index in [1.54, 1.807) is 6.07 Å². The van der Waals surface area contributed by atoms with Crippen LogP contribution < -0.4 is 5.32 Å². The molecule has 0 fully saturated rings. The Morgan fingerprint density at radius 1 is 1.37 bits per heavy atom. The Morgan fingerprint density at radius 3 is 2.53 bits per heavy atom. The number of benzene rings is 1. The fraction of sp³-hybridized carbons (Fsp3) is 0.429. The van der Waals surface area contributed by atoms with E-state index in [1.165, 1.54) is 0 Å². The number of aryl methyl sites for hydroxylation is 1. The third-order valence-corrected chi connectivity index (χ3v) is 4.47. The minimum atomic E-state index is -0.880. The molecule has 1 atom stereocenters. The number of nitrogens with one attached hydrogen (secondary N) is 1. The summed E-state index contributed by atoms with van der Waals surface area (Å²) in [6.07, 6.45) is 0. The van der Waals surface area contributed by atoms with Gasteiger partial charge in [-0.15, -0.1) is 0 Å². The average Bonchev–Trinajstić information content (AvgIpc) is 2.31. The average molecular weight is 375 g/mol. The zero-order valence-corrected chi connectivity index (χ0v) is 13.4. The fourth-order valence-electron chi connectivity index (χ4n) is 1.73. The summed E-state index contributed by atoms with van der Waals surface area (Å²) in [4.78, 5) is 23.1. The van der Waals surface area contributed by atoms with Crippen molar-refractivity contribution in [3.05, 3.63) is 32.9 Å². The summed E-state index contributed by atoms with van der Waals surface area (Å²) in [6.45, 7) is 5.76. The molecule has 1 aromatic rings. The highest BCUT2D eigenvalue weighted by atomic mass is 127. The van der Waals surface area contributed by atoms with E-state index in [-0.39, 0.29) is 18.4 Å². The van der Waals surface area contributed by atoms with E-state index in [9.17, 15) is 9.59 Å². The molecular weight excluding hydrogens is 357 g/mol. The summed E-state index contributed by atoms with van der Waals surface area (Å²) in [7, 11) is 0. The van der Waals surface area contributed by atoms with Gasteiger partial charge in [0.05, 0.1) is 11.5 Å². The lowest BCUT2D eigenvalue weighted by atomic mass is 9.96. The molecule has 1 unspecified atom stereocenters. The maximum atomic E-state index is 12.1. The first-order chi connectivity index (χ1) is 8.84. The van der Waals surface area contributed by atoms with Gasteiger partial charge in [0.1, 0.15) is 0 Å². The number of carbonyl (C=O) groups is 2. The summed E-state index contributed by atoms with van der Waals surface area (Å²) in [5, 5.41) is 11.8. The molecule has 0 aromatic heterocycles. The van der Waals surface area contributed by atoms with Crippen LogP contribution in [0, 0.1) is 22.3 Å². The van der Waals surface area contributed by atoms with Gasteiger partial charge < -0.3 is 10.4 Å². The molecule has 4 nitrogen and oxygen atoms in total. The molecule has 1 aromatic carbocycles. The number of carboxylic acid groups (broad SMARTS) is 1. The van der Waals surface area contributed by atoms with Gasteiger partial charge in [0, 0.05) is 10.1 Å². The van der Waals surface area contributed by atoms with Gasteiger partial charge in [-0.3, -0.25) is 9.59 Å². The van der Waals surface area contributed by atoms with E-state index in [1.807, 2.05) is 32.9 Å². The summed E-state index contributed by atoms with van der Waals surface area (Å²) >= 11 is 2.13. The van der Waals surface area contributed by atoms with Crippen molar-refractivity contribution in [2.24, 2.45) is 11.8 Å². The molecule has 1 rings (SSSR count). The standard InChI is InChI=1S/C14H18INO3/c1-8(2)11(14(18)19)7-16-13(17)10-6-4-5-9(3)12(10)15/h4-6,8,11H,7H2,1-3H3,(H,16,17)(H,18,19). The van der Waals surface area contributed by atoms with Crippen LogP contribution in [0.15, 0.2) is 18.2 Å². The second-order valence-electron chi connectivity index (χ2n) is 4.84. The number of carboxylic acids is 1. The van der Waals surface area contributed by atoms with Crippen molar-refractivity contribution in [1.29, 1.82) is 0 Å². The van der Waals surface area contributed by atoms with Crippen LogP contribution in [0.5, 0.6) is 0 Å². The van der Waals surface area contributed by atoms with Gasteiger partial charge >= 0.3 is 5.97 Å². The number of rotatable bonds is 5. The van der Waals surface area contributed by atoms with Crippen LogP contribution in [0.1, 0.15) is 29.8 Å². The zero-order valence-electron chi connectivity index (χ0n) is 11.2. The van der Waals surface area contributed by atoms with Gasteiger partial charge in [0.15, 0.2) is 0 Å². The van der Waals surface area contributed by atoms with Crippen molar-refractivity contribution in [3.63, 3.8) is 0 Å². The number of halogens is 1. The largest absolute Gasteiger partial charge is 0.481 e. The van der Waals surface area contributed by atoms with Gasteiger partial charge in [-0.05, 0) is 47.1 Å². The number of hydrogen-bond donors (Lipinski definition) is 2. The van der Waals surface area contributed by atoms with E-state index in [0.29, 0.717) is 5.56 Å². The van der Waals surface area contributed by atoms with Gasteiger partial charge in [-0.1, -0.05) is 26.0 Å². The van der Waals surface area contributed by atoms with Crippen molar-refractivity contribution in [2.45, 2.75) is 20.8 Å². The van der Waals surface area contributed by atoms with Crippen LogP contribution >= 0.6 is 22.6 Å². The first-order valence-corrected chi connectivity index (χ1v) is 7.18. The van der Waals surface area contributed by atoms with Crippen LogP contribution in [-0.2, 0) is 4.79 Å². The van der Waals surface area contributed by atoms with Gasteiger partial charge in [-0.2, -0.15) is 0 Å². The molecule has 0 bridgehead atoms. The van der Waals surface area contributed by atoms with Crippen molar-refractivity contribution in [2.75, 3.05) is 6.54 Å². The lowest BCUT2D eigenvalue weighted by Crippen LogP contribution is -2.35. The maximum Gasteiger partial charge on any atom is 0.308 e. The number of amides is 1. The minimum Gasteiger partial charge on any atom is -0.481 e.